The van der Waals surface area contributed by atoms with E-state index in [4.69, 9.17) is 0 Å². The van der Waals surface area contributed by atoms with Gasteiger partial charge in [0.05, 0.1) is 4.47 Å². The van der Waals surface area contributed by atoms with Crippen LogP contribution in [0.5, 0.6) is 5.75 Å². The highest BCUT2D eigenvalue weighted by Crippen LogP contribution is 2.27. The number of aromatic hydroxyl groups is 1. The summed E-state index contributed by atoms with van der Waals surface area (Å²) in [7, 11) is 0. The van der Waals surface area contributed by atoms with Crippen LogP contribution in [0.3, 0.4) is 0 Å². The third-order valence-corrected chi connectivity index (χ3v) is 3.89. The predicted molar refractivity (Wildman–Crippen MR) is 82.2 cm³/mol. The van der Waals surface area contributed by atoms with E-state index in [1.165, 1.54) is 11.1 Å². The second-order valence-corrected chi connectivity index (χ2v) is 5.62. The molecule has 1 atom stereocenters. The van der Waals surface area contributed by atoms with Crippen molar-refractivity contribution in [2.24, 2.45) is 0 Å². The second-order valence-electron chi connectivity index (χ2n) is 4.76. The van der Waals surface area contributed by atoms with Crippen LogP contribution in [0.15, 0.2) is 46.9 Å². The van der Waals surface area contributed by atoms with Gasteiger partial charge in [0.1, 0.15) is 5.75 Å². The Bertz CT molecular complexity index is 551. The molecule has 0 saturated carbocycles. The number of nitrogens with one attached hydrogen (secondary N) is 1. The molecule has 0 aliphatic heterocycles. The average Bonchev–Trinajstić information content (AvgIpc) is 2.41. The van der Waals surface area contributed by atoms with Crippen molar-refractivity contribution < 1.29 is 5.11 Å². The molecule has 2 aromatic carbocycles. The number of hydrogen-bond donors (Lipinski definition) is 2. The lowest BCUT2D eigenvalue weighted by Gasteiger charge is -2.15. The van der Waals surface area contributed by atoms with Crippen molar-refractivity contribution in [1.29, 1.82) is 0 Å². The maximum Gasteiger partial charge on any atom is 0.134 e. The van der Waals surface area contributed by atoms with Crippen molar-refractivity contribution in [3.8, 4) is 5.75 Å². The zero-order valence-corrected chi connectivity index (χ0v) is 12.7. The molecule has 0 bridgehead atoms. The van der Waals surface area contributed by atoms with Gasteiger partial charge in [0, 0.05) is 18.2 Å². The van der Waals surface area contributed by atoms with Crippen molar-refractivity contribution in [2.75, 3.05) is 0 Å². The van der Waals surface area contributed by atoms with Crippen LogP contribution in [0.25, 0.3) is 0 Å². The van der Waals surface area contributed by atoms with E-state index < -0.39 is 0 Å². The highest BCUT2D eigenvalue weighted by atomic mass is 79.9. The lowest BCUT2D eigenvalue weighted by atomic mass is 10.1. The monoisotopic (exact) mass is 319 g/mol. The van der Waals surface area contributed by atoms with E-state index in [-0.39, 0.29) is 6.04 Å². The van der Waals surface area contributed by atoms with Gasteiger partial charge in [-0.05, 0) is 41.4 Å². The summed E-state index contributed by atoms with van der Waals surface area (Å²) >= 11 is 3.33. The first-order valence-corrected chi connectivity index (χ1v) is 7.13. The molecule has 0 heterocycles. The van der Waals surface area contributed by atoms with E-state index in [1.54, 1.807) is 0 Å². The molecule has 1 unspecified atom stereocenters. The molecule has 2 aromatic rings. The van der Waals surface area contributed by atoms with Crippen LogP contribution < -0.4 is 5.32 Å². The number of aryl methyl sites for hydroxylation is 1. The minimum Gasteiger partial charge on any atom is -0.506 e. The Kier molecular flexibility index (Phi) is 4.61. The Morgan fingerprint density at radius 3 is 2.53 bits per heavy atom. The third-order valence-electron chi connectivity index (χ3n) is 3.25. The molecule has 100 valence electrons. The zero-order chi connectivity index (χ0) is 13.8. The lowest BCUT2D eigenvalue weighted by molar-refractivity contribution is 0.457. The fourth-order valence-corrected chi connectivity index (χ4v) is 2.35. The Hall–Kier alpha value is -1.32. The van der Waals surface area contributed by atoms with Crippen molar-refractivity contribution in [3.05, 3.63) is 63.6 Å². The van der Waals surface area contributed by atoms with Gasteiger partial charge in [-0.1, -0.05) is 42.0 Å². The molecule has 0 aliphatic carbocycles. The highest BCUT2D eigenvalue weighted by Gasteiger charge is 2.08. The van der Waals surface area contributed by atoms with Crippen LogP contribution in [0, 0.1) is 6.92 Å². The molecule has 2 rings (SSSR count). The summed E-state index contributed by atoms with van der Waals surface area (Å²) in [6.07, 6.45) is 0. The van der Waals surface area contributed by atoms with Crippen molar-refractivity contribution in [3.63, 3.8) is 0 Å². The third kappa shape index (κ3) is 3.58. The standard InChI is InChI=1S/C16H18BrNO/c1-11-6-8-13(9-7-11)12(2)18-10-14-4-3-5-15(17)16(14)19/h3-9,12,18-19H,10H2,1-2H3. The van der Waals surface area contributed by atoms with E-state index in [9.17, 15) is 5.11 Å². The van der Waals surface area contributed by atoms with Gasteiger partial charge < -0.3 is 10.4 Å². The summed E-state index contributed by atoms with van der Waals surface area (Å²) < 4.78 is 0.731. The minimum atomic E-state index is 0.249. The molecule has 0 amide bonds. The van der Waals surface area contributed by atoms with Crippen molar-refractivity contribution in [1.82, 2.24) is 5.32 Å². The maximum absolute atomic E-state index is 9.93. The zero-order valence-electron chi connectivity index (χ0n) is 11.2. The summed E-state index contributed by atoms with van der Waals surface area (Å²) in [5.74, 6) is 0.311. The van der Waals surface area contributed by atoms with Crippen LogP contribution in [-0.2, 0) is 6.54 Å². The highest BCUT2D eigenvalue weighted by molar-refractivity contribution is 9.10. The lowest BCUT2D eigenvalue weighted by Crippen LogP contribution is -2.18. The van der Waals surface area contributed by atoms with E-state index in [2.05, 4.69) is 59.4 Å². The Balaban J connectivity index is 2.02. The number of hydrogen-bond acceptors (Lipinski definition) is 2. The van der Waals surface area contributed by atoms with Gasteiger partial charge >= 0.3 is 0 Å². The van der Waals surface area contributed by atoms with Gasteiger partial charge in [-0.2, -0.15) is 0 Å². The van der Waals surface area contributed by atoms with E-state index in [0.29, 0.717) is 12.3 Å². The summed E-state index contributed by atoms with van der Waals surface area (Å²) in [4.78, 5) is 0. The molecule has 0 spiro atoms. The minimum absolute atomic E-state index is 0.249. The fourth-order valence-electron chi connectivity index (χ4n) is 1.94. The number of para-hydroxylation sites is 1. The fraction of sp³-hybridized carbons (Fsp3) is 0.250. The summed E-state index contributed by atoms with van der Waals surface area (Å²) in [6.45, 7) is 4.85. The molecule has 0 saturated heterocycles. The normalized spacial score (nSPS) is 12.4. The molecule has 19 heavy (non-hydrogen) atoms. The molecule has 0 aromatic heterocycles. The molecule has 3 heteroatoms. The van der Waals surface area contributed by atoms with Gasteiger partial charge in [-0.25, -0.2) is 0 Å². The summed E-state index contributed by atoms with van der Waals surface area (Å²) in [6, 6.07) is 14.4. The molecular formula is C16H18BrNO. The quantitative estimate of drug-likeness (QED) is 0.879. The predicted octanol–water partition coefficient (Wildman–Crippen LogP) is 4.31. The maximum atomic E-state index is 9.93. The number of phenolic OH excluding ortho intramolecular Hbond substituents is 1. The second kappa shape index (κ2) is 6.22. The Labute approximate surface area is 122 Å². The summed E-state index contributed by atoms with van der Waals surface area (Å²) in [5, 5.41) is 13.4. The topological polar surface area (TPSA) is 32.3 Å². The smallest absolute Gasteiger partial charge is 0.134 e. The molecule has 2 N–H and O–H groups in total. The van der Waals surface area contributed by atoms with Gasteiger partial charge in [0.25, 0.3) is 0 Å². The van der Waals surface area contributed by atoms with Crippen LogP contribution in [0.1, 0.15) is 29.7 Å². The number of benzene rings is 2. The number of phenols is 1. The van der Waals surface area contributed by atoms with E-state index in [1.807, 2.05) is 18.2 Å². The van der Waals surface area contributed by atoms with Crippen LogP contribution in [-0.4, -0.2) is 5.11 Å². The molecule has 0 fully saturated rings. The first-order valence-electron chi connectivity index (χ1n) is 6.34. The Morgan fingerprint density at radius 2 is 1.84 bits per heavy atom. The van der Waals surface area contributed by atoms with E-state index in [0.717, 1.165) is 10.0 Å². The first-order chi connectivity index (χ1) is 9.08. The first kappa shape index (κ1) is 14.1. The van der Waals surface area contributed by atoms with E-state index >= 15 is 0 Å². The summed E-state index contributed by atoms with van der Waals surface area (Å²) in [5.41, 5.74) is 3.41. The average molecular weight is 320 g/mol. The van der Waals surface area contributed by atoms with Gasteiger partial charge in [-0.15, -0.1) is 0 Å². The van der Waals surface area contributed by atoms with Crippen LogP contribution in [0.2, 0.25) is 0 Å². The molecule has 2 nitrogen and oxygen atoms in total. The SMILES string of the molecule is Cc1ccc(C(C)NCc2cccc(Br)c2O)cc1. The van der Waals surface area contributed by atoms with Crippen molar-refractivity contribution in [2.45, 2.75) is 26.4 Å². The Morgan fingerprint density at radius 1 is 1.16 bits per heavy atom. The number of rotatable bonds is 4. The molecule has 0 radical (unpaired) electrons. The number of halogens is 1. The van der Waals surface area contributed by atoms with Crippen LogP contribution in [0.4, 0.5) is 0 Å². The molecular weight excluding hydrogens is 302 g/mol. The molecule has 0 aliphatic rings. The van der Waals surface area contributed by atoms with Gasteiger partial charge in [0.15, 0.2) is 0 Å². The van der Waals surface area contributed by atoms with Gasteiger partial charge in [0.2, 0.25) is 0 Å². The largest absolute Gasteiger partial charge is 0.506 e. The van der Waals surface area contributed by atoms with Gasteiger partial charge in [-0.3, -0.25) is 0 Å². The van der Waals surface area contributed by atoms with Crippen LogP contribution >= 0.6 is 15.9 Å². The van der Waals surface area contributed by atoms with Crippen molar-refractivity contribution >= 4 is 15.9 Å².